The number of hydrogen-bond donors (Lipinski definition) is 0. The maximum absolute atomic E-state index is 11.6. The van der Waals surface area contributed by atoms with Crippen LogP contribution < -0.4 is 4.74 Å². The maximum Gasteiger partial charge on any atom is 0.336 e. The van der Waals surface area contributed by atoms with Gasteiger partial charge in [0.05, 0.1) is 10.7 Å². The number of halogens is 1. The Labute approximate surface area is 123 Å². The number of benzene rings is 1. The van der Waals surface area contributed by atoms with Gasteiger partial charge in [0.1, 0.15) is 5.75 Å². The van der Waals surface area contributed by atoms with Crippen LogP contribution in [-0.2, 0) is 4.79 Å². The molecule has 0 saturated heterocycles. The van der Waals surface area contributed by atoms with Gasteiger partial charge in [0, 0.05) is 15.0 Å². The van der Waals surface area contributed by atoms with Gasteiger partial charge >= 0.3 is 5.97 Å². The summed E-state index contributed by atoms with van der Waals surface area (Å²) >= 11 is 3.71. The van der Waals surface area contributed by atoms with Crippen LogP contribution >= 0.6 is 33.9 Å². The van der Waals surface area contributed by atoms with Gasteiger partial charge in [0.25, 0.3) is 0 Å². The van der Waals surface area contributed by atoms with Crippen LogP contribution in [0.25, 0.3) is 6.08 Å². The first-order chi connectivity index (χ1) is 8.63. The lowest BCUT2D eigenvalue weighted by molar-refractivity contribution is -0.128. The minimum Gasteiger partial charge on any atom is -0.423 e. The molecule has 0 aliphatic carbocycles. The fourth-order valence-electron chi connectivity index (χ4n) is 1.29. The van der Waals surface area contributed by atoms with Crippen molar-refractivity contribution in [2.45, 2.75) is 6.92 Å². The highest BCUT2D eigenvalue weighted by Crippen LogP contribution is 2.15. The molecule has 0 fully saturated rings. The summed E-state index contributed by atoms with van der Waals surface area (Å²) in [5.74, 6) is 0.147. The van der Waals surface area contributed by atoms with Gasteiger partial charge in [0.15, 0.2) is 0 Å². The molecule has 0 amide bonds. The van der Waals surface area contributed by atoms with E-state index in [-0.39, 0.29) is 0 Å². The zero-order valence-corrected chi connectivity index (χ0v) is 12.6. The molecule has 0 atom stereocenters. The van der Waals surface area contributed by atoms with Crippen molar-refractivity contribution in [2.75, 3.05) is 0 Å². The minimum atomic E-state index is -0.400. The molecule has 2 rings (SSSR count). The molecule has 0 aliphatic rings. The zero-order chi connectivity index (χ0) is 13.0. The third-order valence-corrected chi connectivity index (χ3v) is 3.50. The fourth-order valence-corrected chi connectivity index (χ4v) is 2.39. The number of carbonyl (C=O) groups is 1. The van der Waals surface area contributed by atoms with E-state index in [1.165, 1.54) is 6.08 Å². The number of ether oxygens (including phenoxy) is 1. The average molecular weight is 371 g/mol. The van der Waals surface area contributed by atoms with Gasteiger partial charge in [-0.1, -0.05) is 6.07 Å². The smallest absolute Gasteiger partial charge is 0.336 e. The molecule has 0 spiro atoms. The lowest BCUT2D eigenvalue weighted by Crippen LogP contribution is -2.03. The highest BCUT2D eigenvalue weighted by Gasteiger charge is 2.01. The SMILES string of the molecule is Cc1nc(C=CC(=O)Oc2cccc(I)c2)cs1. The molecule has 2 aromatic rings. The van der Waals surface area contributed by atoms with Crippen LogP contribution in [-0.4, -0.2) is 11.0 Å². The van der Waals surface area contributed by atoms with E-state index in [9.17, 15) is 4.79 Å². The quantitative estimate of drug-likeness (QED) is 0.358. The van der Waals surface area contributed by atoms with Crippen LogP contribution in [0.2, 0.25) is 0 Å². The van der Waals surface area contributed by atoms with Crippen molar-refractivity contribution in [2.24, 2.45) is 0 Å². The standard InChI is InChI=1S/C13H10INO2S/c1-9-15-11(8-18-9)5-6-13(16)17-12-4-2-3-10(14)7-12/h2-8H,1H3. The normalized spacial score (nSPS) is 10.8. The van der Waals surface area contributed by atoms with Crippen LogP contribution in [0.4, 0.5) is 0 Å². The second-order valence-electron chi connectivity index (χ2n) is 3.50. The Morgan fingerprint density at radius 3 is 3.00 bits per heavy atom. The van der Waals surface area contributed by atoms with Gasteiger partial charge in [-0.2, -0.15) is 0 Å². The zero-order valence-electron chi connectivity index (χ0n) is 9.59. The van der Waals surface area contributed by atoms with Crippen LogP contribution in [0.15, 0.2) is 35.7 Å². The largest absolute Gasteiger partial charge is 0.423 e. The van der Waals surface area contributed by atoms with Crippen LogP contribution in [0, 0.1) is 10.5 Å². The van der Waals surface area contributed by atoms with E-state index in [1.807, 2.05) is 24.4 Å². The molecular formula is C13H10INO2S. The van der Waals surface area contributed by atoms with Gasteiger partial charge in [0.2, 0.25) is 0 Å². The molecule has 3 nitrogen and oxygen atoms in total. The molecule has 1 aromatic heterocycles. The van der Waals surface area contributed by atoms with Gasteiger partial charge in [-0.15, -0.1) is 11.3 Å². The van der Waals surface area contributed by atoms with Crippen molar-refractivity contribution in [3.05, 3.63) is 50.0 Å². The maximum atomic E-state index is 11.6. The van der Waals surface area contributed by atoms with Crippen molar-refractivity contribution in [1.82, 2.24) is 4.98 Å². The van der Waals surface area contributed by atoms with E-state index in [0.29, 0.717) is 5.75 Å². The number of aryl methyl sites for hydroxylation is 1. The lowest BCUT2D eigenvalue weighted by Gasteiger charge is -2.00. The lowest BCUT2D eigenvalue weighted by atomic mass is 10.3. The summed E-state index contributed by atoms with van der Waals surface area (Å²) < 4.78 is 6.19. The summed E-state index contributed by atoms with van der Waals surface area (Å²) in [5.41, 5.74) is 0.775. The number of nitrogens with zero attached hydrogens (tertiary/aromatic N) is 1. The second-order valence-corrected chi connectivity index (χ2v) is 5.81. The fraction of sp³-hybridized carbons (Fsp3) is 0.0769. The molecule has 0 N–H and O–H groups in total. The van der Waals surface area contributed by atoms with Crippen molar-refractivity contribution < 1.29 is 9.53 Å². The summed E-state index contributed by atoms with van der Waals surface area (Å²) in [6, 6.07) is 7.34. The van der Waals surface area contributed by atoms with Gasteiger partial charge in [-0.3, -0.25) is 0 Å². The summed E-state index contributed by atoms with van der Waals surface area (Å²) in [7, 11) is 0. The van der Waals surface area contributed by atoms with Crippen LogP contribution in [0.5, 0.6) is 5.75 Å². The Bertz CT molecular complexity index is 592. The van der Waals surface area contributed by atoms with Crippen LogP contribution in [0.3, 0.4) is 0 Å². The average Bonchev–Trinajstić information content (AvgIpc) is 2.73. The molecule has 0 saturated carbocycles. The monoisotopic (exact) mass is 371 g/mol. The predicted octanol–water partition coefficient (Wildman–Crippen LogP) is 3.67. The predicted molar refractivity (Wildman–Crippen MR) is 80.7 cm³/mol. The molecule has 18 heavy (non-hydrogen) atoms. The number of thiazole rings is 1. The molecular weight excluding hydrogens is 361 g/mol. The van der Waals surface area contributed by atoms with E-state index in [4.69, 9.17) is 4.74 Å². The first-order valence-electron chi connectivity index (χ1n) is 5.21. The third kappa shape index (κ3) is 3.92. The molecule has 5 heteroatoms. The first kappa shape index (κ1) is 13.2. The molecule has 92 valence electrons. The number of esters is 1. The van der Waals surface area contributed by atoms with E-state index in [0.717, 1.165) is 14.3 Å². The summed E-state index contributed by atoms with van der Waals surface area (Å²) in [4.78, 5) is 15.8. The van der Waals surface area contributed by atoms with E-state index in [2.05, 4.69) is 27.6 Å². The molecule has 0 radical (unpaired) electrons. The Kier molecular flexibility index (Phi) is 4.48. The van der Waals surface area contributed by atoms with Crippen molar-refractivity contribution in [3.63, 3.8) is 0 Å². The molecule has 0 aliphatic heterocycles. The van der Waals surface area contributed by atoms with Gasteiger partial charge < -0.3 is 4.74 Å². The molecule has 0 unspecified atom stereocenters. The van der Waals surface area contributed by atoms with Crippen molar-refractivity contribution in [3.8, 4) is 5.75 Å². The Hall–Kier alpha value is -1.21. The summed E-state index contributed by atoms with van der Waals surface area (Å²) in [5, 5.41) is 2.87. The number of rotatable bonds is 3. The second kappa shape index (κ2) is 6.10. The number of carbonyl (C=O) groups excluding carboxylic acids is 1. The van der Waals surface area contributed by atoms with E-state index >= 15 is 0 Å². The summed E-state index contributed by atoms with van der Waals surface area (Å²) in [6.45, 7) is 1.92. The highest BCUT2D eigenvalue weighted by molar-refractivity contribution is 14.1. The van der Waals surface area contributed by atoms with Gasteiger partial charge in [-0.05, 0) is 53.8 Å². The van der Waals surface area contributed by atoms with Crippen LogP contribution in [0.1, 0.15) is 10.7 Å². The van der Waals surface area contributed by atoms with Gasteiger partial charge in [-0.25, -0.2) is 9.78 Å². The summed E-state index contributed by atoms with van der Waals surface area (Å²) in [6.07, 6.45) is 3.04. The minimum absolute atomic E-state index is 0.400. The Morgan fingerprint density at radius 2 is 2.33 bits per heavy atom. The molecule has 1 aromatic carbocycles. The molecule has 0 bridgehead atoms. The van der Waals surface area contributed by atoms with E-state index < -0.39 is 5.97 Å². The molecule has 1 heterocycles. The number of hydrogen-bond acceptors (Lipinski definition) is 4. The first-order valence-corrected chi connectivity index (χ1v) is 7.17. The third-order valence-electron chi connectivity index (χ3n) is 2.04. The van der Waals surface area contributed by atoms with E-state index in [1.54, 1.807) is 29.5 Å². The van der Waals surface area contributed by atoms with Crippen molar-refractivity contribution >= 4 is 46.0 Å². The van der Waals surface area contributed by atoms with Crippen molar-refractivity contribution in [1.29, 1.82) is 0 Å². The Morgan fingerprint density at radius 1 is 1.50 bits per heavy atom. The Balaban J connectivity index is 1.98. The highest BCUT2D eigenvalue weighted by atomic mass is 127. The number of aromatic nitrogens is 1. The topological polar surface area (TPSA) is 39.2 Å².